The fourth-order valence-electron chi connectivity index (χ4n) is 3.01. The van der Waals surface area contributed by atoms with E-state index >= 15 is 0 Å². The summed E-state index contributed by atoms with van der Waals surface area (Å²) in [5.41, 5.74) is -0.812. The van der Waals surface area contributed by atoms with Crippen molar-refractivity contribution in [2.75, 3.05) is 24.6 Å². The zero-order valence-electron chi connectivity index (χ0n) is 16.1. The maximum atomic E-state index is 13.5. The number of nitrogens with one attached hydrogen (secondary N) is 1. The first-order valence-electron chi connectivity index (χ1n) is 9.53. The standard InChI is InChI=1S/C19H18F5N5O2/c20-18(21)9-29(10-18)15-17(31-8-11-4-5-11)27-13(7-26-15)16(30)28-14(19(22,23)24)12-3-1-2-6-25-12/h1-3,6-7,11,14H,4-5,8-10H2,(H,28,30). The molecule has 7 nitrogen and oxygen atoms in total. The van der Waals surface area contributed by atoms with E-state index < -0.39 is 42.8 Å². The van der Waals surface area contributed by atoms with Crippen LogP contribution in [0.25, 0.3) is 0 Å². The van der Waals surface area contributed by atoms with Crippen molar-refractivity contribution in [1.82, 2.24) is 20.3 Å². The summed E-state index contributed by atoms with van der Waals surface area (Å²) >= 11 is 0. The Kier molecular flexibility index (Phi) is 5.40. The molecule has 2 aromatic heterocycles. The number of amides is 1. The first kappa shape index (κ1) is 21.2. The van der Waals surface area contributed by atoms with Gasteiger partial charge in [-0.3, -0.25) is 9.78 Å². The number of carbonyl (C=O) groups excluding carboxylic acids is 1. The van der Waals surface area contributed by atoms with Gasteiger partial charge in [0.15, 0.2) is 17.6 Å². The van der Waals surface area contributed by atoms with E-state index in [2.05, 4.69) is 15.0 Å². The highest BCUT2D eigenvalue weighted by Crippen LogP contribution is 2.37. The average molecular weight is 443 g/mol. The van der Waals surface area contributed by atoms with Crippen molar-refractivity contribution in [3.63, 3.8) is 0 Å². The number of anilines is 1. The number of carbonyl (C=O) groups is 1. The van der Waals surface area contributed by atoms with Gasteiger partial charge >= 0.3 is 6.18 Å². The molecule has 12 heteroatoms. The van der Waals surface area contributed by atoms with Crippen LogP contribution in [0.4, 0.5) is 27.8 Å². The van der Waals surface area contributed by atoms with Crippen LogP contribution in [0, 0.1) is 5.92 Å². The second kappa shape index (κ2) is 7.89. The monoisotopic (exact) mass is 443 g/mol. The van der Waals surface area contributed by atoms with E-state index in [1.165, 1.54) is 23.2 Å². The normalized spacial score (nSPS) is 18.8. The lowest BCUT2D eigenvalue weighted by Gasteiger charge is -2.39. The molecule has 3 heterocycles. The summed E-state index contributed by atoms with van der Waals surface area (Å²) in [6, 6.07) is 1.61. The van der Waals surface area contributed by atoms with Gasteiger partial charge in [-0.15, -0.1) is 0 Å². The predicted octanol–water partition coefficient (Wildman–Crippen LogP) is 3.15. The minimum Gasteiger partial charge on any atom is -0.475 e. The van der Waals surface area contributed by atoms with Gasteiger partial charge in [0.1, 0.15) is 0 Å². The lowest BCUT2D eigenvalue weighted by Crippen LogP contribution is -2.56. The third-order valence-electron chi connectivity index (χ3n) is 4.84. The van der Waals surface area contributed by atoms with E-state index in [9.17, 15) is 26.7 Å². The lowest BCUT2D eigenvalue weighted by atomic mass is 10.1. The number of hydrogen-bond donors (Lipinski definition) is 1. The van der Waals surface area contributed by atoms with Gasteiger partial charge < -0.3 is 15.0 Å². The zero-order chi connectivity index (χ0) is 22.2. The van der Waals surface area contributed by atoms with Crippen LogP contribution in [0.3, 0.4) is 0 Å². The molecule has 1 N–H and O–H groups in total. The molecular formula is C19H18F5N5O2. The number of nitrogens with zero attached hydrogens (tertiary/aromatic N) is 4. The second-order valence-corrected chi connectivity index (χ2v) is 7.55. The first-order valence-corrected chi connectivity index (χ1v) is 9.53. The molecule has 1 saturated carbocycles. The topological polar surface area (TPSA) is 80.2 Å². The summed E-state index contributed by atoms with van der Waals surface area (Å²) in [4.78, 5) is 25.4. The molecule has 2 aliphatic rings. The Balaban J connectivity index is 1.56. The maximum Gasteiger partial charge on any atom is 0.414 e. The summed E-state index contributed by atoms with van der Waals surface area (Å²) < 4.78 is 72.5. The van der Waals surface area contributed by atoms with Crippen LogP contribution in [-0.4, -0.2) is 52.7 Å². The van der Waals surface area contributed by atoms with Crippen molar-refractivity contribution in [3.05, 3.63) is 42.0 Å². The van der Waals surface area contributed by atoms with Gasteiger partial charge in [-0.1, -0.05) is 6.07 Å². The highest BCUT2D eigenvalue weighted by atomic mass is 19.4. The Morgan fingerprint density at radius 1 is 1.26 bits per heavy atom. The minimum absolute atomic E-state index is 0.0280. The highest BCUT2D eigenvalue weighted by Gasteiger charge is 2.46. The lowest BCUT2D eigenvalue weighted by molar-refractivity contribution is -0.156. The third kappa shape index (κ3) is 5.00. The predicted molar refractivity (Wildman–Crippen MR) is 97.9 cm³/mol. The molecule has 1 saturated heterocycles. The Labute approximate surface area is 173 Å². The maximum absolute atomic E-state index is 13.5. The van der Waals surface area contributed by atoms with Crippen molar-refractivity contribution in [2.45, 2.75) is 31.0 Å². The van der Waals surface area contributed by atoms with Crippen LogP contribution in [0.15, 0.2) is 30.6 Å². The second-order valence-electron chi connectivity index (χ2n) is 7.55. The number of ether oxygens (including phenoxy) is 1. The average Bonchev–Trinajstić information content (AvgIpc) is 3.52. The Morgan fingerprint density at radius 3 is 2.58 bits per heavy atom. The van der Waals surface area contributed by atoms with Crippen LogP contribution >= 0.6 is 0 Å². The Morgan fingerprint density at radius 2 is 2.00 bits per heavy atom. The molecular weight excluding hydrogens is 425 g/mol. The van der Waals surface area contributed by atoms with E-state index in [-0.39, 0.29) is 24.0 Å². The molecule has 31 heavy (non-hydrogen) atoms. The van der Waals surface area contributed by atoms with E-state index in [4.69, 9.17) is 4.74 Å². The molecule has 2 aromatic rings. The van der Waals surface area contributed by atoms with Crippen molar-refractivity contribution < 1.29 is 31.5 Å². The van der Waals surface area contributed by atoms with Crippen LogP contribution in [0.1, 0.15) is 35.1 Å². The summed E-state index contributed by atoms with van der Waals surface area (Å²) in [6.07, 6.45) is -0.783. The summed E-state index contributed by atoms with van der Waals surface area (Å²) in [5.74, 6) is -3.84. The number of hydrogen-bond acceptors (Lipinski definition) is 6. The number of rotatable bonds is 7. The van der Waals surface area contributed by atoms with Gasteiger partial charge in [-0.25, -0.2) is 18.7 Å². The molecule has 1 amide bonds. The molecule has 1 atom stereocenters. The van der Waals surface area contributed by atoms with Gasteiger partial charge in [0, 0.05) is 6.20 Å². The number of pyridine rings is 1. The van der Waals surface area contributed by atoms with Crippen molar-refractivity contribution in [3.8, 4) is 5.88 Å². The van der Waals surface area contributed by atoms with Gasteiger partial charge in [-0.2, -0.15) is 13.2 Å². The van der Waals surface area contributed by atoms with Crippen molar-refractivity contribution in [2.24, 2.45) is 5.92 Å². The largest absolute Gasteiger partial charge is 0.475 e. The molecule has 0 radical (unpaired) electrons. The molecule has 166 valence electrons. The van der Waals surface area contributed by atoms with Gasteiger partial charge in [0.2, 0.25) is 0 Å². The molecule has 0 aromatic carbocycles. The molecule has 0 bridgehead atoms. The number of alkyl halides is 5. The number of halogens is 5. The van der Waals surface area contributed by atoms with Crippen LogP contribution in [0.2, 0.25) is 0 Å². The Bertz CT molecular complexity index is 944. The fourth-order valence-corrected chi connectivity index (χ4v) is 3.01. The van der Waals surface area contributed by atoms with Gasteiger partial charge in [-0.05, 0) is 30.9 Å². The Hall–Kier alpha value is -3.05. The van der Waals surface area contributed by atoms with Crippen LogP contribution in [-0.2, 0) is 0 Å². The highest BCUT2D eigenvalue weighted by molar-refractivity contribution is 5.92. The molecule has 4 rings (SSSR count). The first-order chi connectivity index (χ1) is 14.6. The minimum atomic E-state index is -4.80. The number of aromatic nitrogens is 3. The van der Waals surface area contributed by atoms with Gasteiger partial charge in [0.05, 0.1) is 31.6 Å². The third-order valence-corrected chi connectivity index (χ3v) is 4.84. The summed E-state index contributed by atoms with van der Waals surface area (Å²) in [7, 11) is 0. The molecule has 1 aliphatic carbocycles. The smallest absolute Gasteiger partial charge is 0.414 e. The molecule has 1 unspecified atom stereocenters. The SMILES string of the molecule is O=C(NC(c1ccccn1)C(F)(F)F)c1cnc(N2CC(F)(F)C2)c(OCC2CC2)n1. The van der Waals surface area contributed by atoms with E-state index in [0.717, 1.165) is 25.1 Å². The zero-order valence-corrected chi connectivity index (χ0v) is 16.1. The van der Waals surface area contributed by atoms with E-state index in [1.54, 1.807) is 0 Å². The van der Waals surface area contributed by atoms with Crippen molar-refractivity contribution in [1.29, 1.82) is 0 Å². The molecule has 0 spiro atoms. The van der Waals surface area contributed by atoms with Crippen LogP contribution in [0.5, 0.6) is 5.88 Å². The fraction of sp³-hybridized carbons (Fsp3) is 0.474. The molecule has 1 aliphatic heterocycles. The summed E-state index contributed by atoms with van der Waals surface area (Å²) in [5, 5.41) is 1.87. The van der Waals surface area contributed by atoms with Crippen molar-refractivity contribution >= 4 is 11.7 Å². The molecule has 2 fully saturated rings. The van der Waals surface area contributed by atoms with E-state index in [0.29, 0.717) is 5.92 Å². The van der Waals surface area contributed by atoms with E-state index in [1.807, 2.05) is 5.32 Å². The van der Waals surface area contributed by atoms with Crippen LogP contribution < -0.4 is 15.0 Å². The summed E-state index contributed by atoms with van der Waals surface area (Å²) in [6.45, 7) is -0.901. The quantitative estimate of drug-likeness (QED) is 0.663. The van der Waals surface area contributed by atoms with Gasteiger partial charge in [0.25, 0.3) is 17.7 Å².